The number of amides is 1. The number of nitrogens with zero attached hydrogens (tertiary/aromatic N) is 1. The largest absolute Gasteiger partial charge is 0.375 e. The molecule has 0 aliphatic heterocycles. The van der Waals surface area contributed by atoms with Crippen molar-refractivity contribution in [2.24, 2.45) is 0 Å². The van der Waals surface area contributed by atoms with Crippen LogP contribution >= 0.6 is 0 Å². The van der Waals surface area contributed by atoms with Crippen LogP contribution in [0, 0.1) is 10.1 Å². The van der Waals surface area contributed by atoms with E-state index in [9.17, 15) is 23.3 Å². The van der Waals surface area contributed by atoms with Gasteiger partial charge >= 0.3 is 5.69 Å². The molecule has 0 bridgehead atoms. The zero-order valence-corrected chi connectivity index (χ0v) is 14.5. The molecule has 0 saturated heterocycles. The predicted molar refractivity (Wildman–Crippen MR) is 94.3 cm³/mol. The van der Waals surface area contributed by atoms with E-state index in [1.54, 1.807) is 24.3 Å². The fourth-order valence-corrected chi connectivity index (χ4v) is 3.17. The summed E-state index contributed by atoms with van der Waals surface area (Å²) in [4.78, 5) is 21.4. The van der Waals surface area contributed by atoms with Crippen molar-refractivity contribution in [2.75, 3.05) is 16.9 Å². The molecule has 1 amide bonds. The number of benzene rings is 2. The van der Waals surface area contributed by atoms with E-state index in [0.29, 0.717) is 5.69 Å². The second-order valence-electron chi connectivity index (χ2n) is 5.42. The highest BCUT2D eigenvalue weighted by Crippen LogP contribution is 2.32. The SMILES string of the molecule is CC(=O)Nc1cccc(CNc2cccc(S(C)(=O)=O)c2[N+](=O)[O-])c1. The van der Waals surface area contributed by atoms with Gasteiger partial charge in [0.05, 0.1) is 4.92 Å². The molecule has 0 radical (unpaired) electrons. The van der Waals surface area contributed by atoms with Crippen molar-refractivity contribution in [1.29, 1.82) is 0 Å². The quantitative estimate of drug-likeness (QED) is 0.601. The Morgan fingerprint density at radius 3 is 2.48 bits per heavy atom. The highest BCUT2D eigenvalue weighted by Gasteiger charge is 2.25. The Labute approximate surface area is 144 Å². The average molecular weight is 363 g/mol. The molecular formula is C16H17N3O5S. The fraction of sp³-hybridized carbons (Fsp3) is 0.188. The van der Waals surface area contributed by atoms with Crippen molar-refractivity contribution in [3.05, 3.63) is 58.1 Å². The minimum Gasteiger partial charge on any atom is -0.375 e. The van der Waals surface area contributed by atoms with Crippen LogP contribution in [0.25, 0.3) is 0 Å². The first kappa shape index (κ1) is 18.4. The third-order valence-corrected chi connectivity index (χ3v) is 4.44. The molecule has 132 valence electrons. The third kappa shape index (κ3) is 4.77. The molecule has 2 aromatic carbocycles. The number of nitro groups is 1. The molecule has 8 nitrogen and oxygen atoms in total. The van der Waals surface area contributed by atoms with Crippen LogP contribution in [0.2, 0.25) is 0 Å². The van der Waals surface area contributed by atoms with Gasteiger partial charge < -0.3 is 10.6 Å². The van der Waals surface area contributed by atoms with Crippen molar-refractivity contribution in [2.45, 2.75) is 18.4 Å². The Balaban J connectivity index is 2.30. The van der Waals surface area contributed by atoms with Crippen LogP contribution in [0.5, 0.6) is 0 Å². The van der Waals surface area contributed by atoms with Crippen molar-refractivity contribution >= 4 is 32.8 Å². The maximum absolute atomic E-state index is 11.8. The molecule has 0 atom stereocenters. The summed E-state index contributed by atoms with van der Waals surface area (Å²) < 4.78 is 23.5. The van der Waals surface area contributed by atoms with Crippen LogP contribution in [0.4, 0.5) is 17.1 Å². The number of nitro benzene ring substituents is 1. The summed E-state index contributed by atoms with van der Waals surface area (Å²) in [7, 11) is -3.73. The maximum atomic E-state index is 11.8. The first-order chi connectivity index (χ1) is 11.7. The monoisotopic (exact) mass is 363 g/mol. The molecule has 25 heavy (non-hydrogen) atoms. The highest BCUT2D eigenvalue weighted by molar-refractivity contribution is 7.90. The molecule has 2 rings (SSSR count). The van der Waals surface area contributed by atoms with Gasteiger partial charge in [0, 0.05) is 25.4 Å². The topological polar surface area (TPSA) is 118 Å². The standard InChI is InChI=1S/C16H17N3O5S/c1-11(20)18-13-6-3-5-12(9-13)10-17-14-7-4-8-15(25(2,23)24)16(14)19(21)22/h3-9,17H,10H2,1-2H3,(H,18,20). The normalized spacial score (nSPS) is 11.0. The summed E-state index contributed by atoms with van der Waals surface area (Å²) in [6.07, 6.45) is 0.927. The van der Waals surface area contributed by atoms with Gasteiger partial charge in [0.15, 0.2) is 9.84 Å². The minimum absolute atomic E-state index is 0.109. The van der Waals surface area contributed by atoms with Gasteiger partial charge in [-0.2, -0.15) is 0 Å². The van der Waals surface area contributed by atoms with Crippen LogP contribution in [-0.2, 0) is 21.2 Å². The van der Waals surface area contributed by atoms with Crippen molar-refractivity contribution in [1.82, 2.24) is 0 Å². The lowest BCUT2D eigenvalue weighted by Crippen LogP contribution is -2.09. The Kier molecular flexibility index (Phi) is 5.38. The maximum Gasteiger partial charge on any atom is 0.310 e. The average Bonchev–Trinajstić information content (AvgIpc) is 2.51. The minimum atomic E-state index is -3.73. The van der Waals surface area contributed by atoms with Crippen molar-refractivity contribution < 1.29 is 18.1 Å². The first-order valence-electron chi connectivity index (χ1n) is 7.26. The Hall–Kier alpha value is -2.94. The van der Waals surface area contributed by atoms with Gasteiger partial charge in [-0.05, 0) is 29.8 Å². The highest BCUT2D eigenvalue weighted by atomic mass is 32.2. The number of carbonyl (C=O) groups is 1. The summed E-state index contributed by atoms with van der Waals surface area (Å²) >= 11 is 0. The number of carbonyl (C=O) groups excluding carboxylic acids is 1. The molecular weight excluding hydrogens is 346 g/mol. The number of hydrogen-bond donors (Lipinski definition) is 2. The van der Waals surface area contributed by atoms with Crippen LogP contribution < -0.4 is 10.6 Å². The van der Waals surface area contributed by atoms with Crippen LogP contribution in [0.1, 0.15) is 12.5 Å². The van der Waals surface area contributed by atoms with Crippen molar-refractivity contribution in [3.8, 4) is 0 Å². The van der Waals surface area contributed by atoms with E-state index in [-0.39, 0.29) is 23.0 Å². The van der Waals surface area contributed by atoms with Crippen molar-refractivity contribution in [3.63, 3.8) is 0 Å². The van der Waals surface area contributed by atoms with E-state index in [4.69, 9.17) is 0 Å². The van der Waals surface area contributed by atoms with E-state index >= 15 is 0 Å². The van der Waals surface area contributed by atoms with E-state index < -0.39 is 20.4 Å². The van der Waals surface area contributed by atoms with E-state index in [2.05, 4.69) is 10.6 Å². The molecule has 0 aliphatic rings. The van der Waals surface area contributed by atoms with Gasteiger partial charge in [0.25, 0.3) is 0 Å². The molecule has 0 aromatic heterocycles. The lowest BCUT2D eigenvalue weighted by atomic mass is 10.2. The van der Waals surface area contributed by atoms with E-state index in [0.717, 1.165) is 11.8 Å². The number of rotatable bonds is 6. The van der Waals surface area contributed by atoms with Gasteiger partial charge in [-0.25, -0.2) is 8.42 Å². The first-order valence-corrected chi connectivity index (χ1v) is 9.15. The fourth-order valence-electron chi connectivity index (χ4n) is 2.31. The lowest BCUT2D eigenvalue weighted by Gasteiger charge is -2.10. The zero-order valence-electron chi connectivity index (χ0n) is 13.6. The van der Waals surface area contributed by atoms with Crippen LogP contribution in [0.15, 0.2) is 47.4 Å². The third-order valence-electron chi connectivity index (χ3n) is 3.31. The lowest BCUT2D eigenvalue weighted by molar-refractivity contribution is -0.386. The number of anilines is 2. The molecule has 0 spiro atoms. The molecule has 0 unspecified atom stereocenters. The Bertz CT molecular complexity index is 925. The smallest absolute Gasteiger partial charge is 0.310 e. The second kappa shape index (κ2) is 7.31. The van der Waals surface area contributed by atoms with Gasteiger partial charge in [0.2, 0.25) is 5.91 Å². The number of para-hydroxylation sites is 1. The molecule has 2 N–H and O–H groups in total. The molecule has 0 saturated carbocycles. The summed E-state index contributed by atoms with van der Waals surface area (Å²) in [5.74, 6) is -0.207. The summed E-state index contributed by atoms with van der Waals surface area (Å²) in [5.41, 5.74) is 0.998. The number of nitrogens with one attached hydrogen (secondary N) is 2. The zero-order chi connectivity index (χ0) is 18.6. The second-order valence-corrected chi connectivity index (χ2v) is 7.40. The molecule has 0 fully saturated rings. The van der Waals surface area contributed by atoms with Gasteiger partial charge in [-0.15, -0.1) is 0 Å². The Morgan fingerprint density at radius 2 is 1.88 bits per heavy atom. The predicted octanol–water partition coefficient (Wildman–Crippen LogP) is 2.57. The number of sulfone groups is 1. The molecule has 9 heteroatoms. The van der Waals surface area contributed by atoms with Crippen LogP contribution in [0.3, 0.4) is 0 Å². The summed E-state index contributed by atoms with van der Waals surface area (Å²) in [6, 6.07) is 11.1. The number of hydrogen-bond acceptors (Lipinski definition) is 6. The van der Waals surface area contributed by atoms with Gasteiger partial charge in [-0.1, -0.05) is 18.2 Å². The van der Waals surface area contributed by atoms with E-state index in [1.807, 2.05) is 0 Å². The van der Waals surface area contributed by atoms with E-state index in [1.165, 1.54) is 25.1 Å². The van der Waals surface area contributed by atoms with Gasteiger partial charge in [-0.3, -0.25) is 14.9 Å². The van der Waals surface area contributed by atoms with Crippen LogP contribution in [-0.4, -0.2) is 25.5 Å². The summed E-state index contributed by atoms with van der Waals surface area (Å²) in [5, 5.41) is 16.9. The molecule has 0 aliphatic carbocycles. The van der Waals surface area contributed by atoms with Gasteiger partial charge in [0.1, 0.15) is 10.6 Å². The molecule has 2 aromatic rings. The summed E-state index contributed by atoms with van der Waals surface area (Å²) in [6.45, 7) is 1.62. The Morgan fingerprint density at radius 1 is 1.20 bits per heavy atom. The molecule has 0 heterocycles.